The number of rotatable bonds is 8. The number of hydrogen-bond donors (Lipinski definition) is 2. The van der Waals surface area contributed by atoms with Gasteiger partial charge in [0.15, 0.2) is 0 Å². The maximum absolute atomic E-state index is 13.4. The third-order valence-corrected chi connectivity index (χ3v) is 7.99. The van der Waals surface area contributed by atoms with E-state index >= 15 is 0 Å². The van der Waals surface area contributed by atoms with Crippen LogP contribution in [-0.2, 0) is 16.1 Å². The summed E-state index contributed by atoms with van der Waals surface area (Å²) in [6.07, 6.45) is 6.14. The van der Waals surface area contributed by atoms with Crippen LogP contribution < -0.4 is 15.4 Å². The molecule has 4 amide bonds. The van der Waals surface area contributed by atoms with Crippen LogP contribution >= 0.6 is 11.6 Å². The number of ether oxygens (including phenoxy) is 1. The van der Waals surface area contributed by atoms with Gasteiger partial charge in [0.25, 0.3) is 0 Å². The van der Waals surface area contributed by atoms with Gasteiger partial charge in [-0.15, -0.1) is 0 Å². The molecule has 0 radical (unpaired) electrons. The van der Waals surface area contributed by atoms with Gasteiger partial charge in [-0.2, -0.15) is 0 Å². The number of imide groups is 1. The van der Waals surface area contributed by atoms with Crippen LogP contribution in [0.4, 0.5) is 4.79 Å². The first-order valence-corrected chi connectivity index (χ1v) is 13.5. The first-order valence-electron chi connectivity index (χ1n) is 13.1. The molecule has 0 saturated heterocycles. The first kappa shape index (κ1) is 27.0. The highest BCUT2D eigenvalue weighted by molar-refractivity contribution is 6.30. The Hall–Kier alpha value is -3.06. The molecule has 0 aliphatic heterocycles. The Bertz CT molecular complexity index is 1100. The molecule has 1 unspecified atom stereocenters. The number of urea groups is 1. The molecule has 198 valence electrons. The summed E-state index contributed by atoms with van der Waals surface area (Å²) in [5.41, 5.74) is 1.86. The van der Waals surface area contributed by atoms with Gasteiger partial charge in [-0.25, -0.2) is 4.79 Å². The van der Waals surface area contributed by atoms with Crippen LogP contribution in [-0.4, -0.2) is 36.9 Å². The Balaban J connectivity index is 1.42. The van der Waals surface area contributed by atoms with Crippen LogP contribution in [0.1, 0.15) is 62.1 Å². The van der Waals surface area contributed by atoms with Crippen LogP contribution in [0, 0.1) is 17.8 Å². The molecule has 4 rings (SSSR count). The van der Waals surface area contributed by atoms with Gasteiger partial charge in [-0.3, -0.25) is 14.5 Å². The molecule has 0 aromatic heterocycles. The van der Waals surface area contributed by atoms with Gasteiger partial charge in [-0.05, 0) is 73.4 Å². The molecular weight excluding hydrogens is 490 g/mol. The standard InChI is InChI=1S/C29H36ClN3O4/c1-31-29(36)33(18-19-10-14-25(37-2)15-11-19)28(35)23-13-12-22(16-23)27(34)32-26(20-6-3-4-7-20)21-8-5-9-24(30)17-21/h5,8-11,14-15,17,20,22-23,26H,3-4,6-7,12-13,16,18H2,1-2H3,(H,31,36)(H,32,34)/t22-,23?,26-/m0/s1. The summed E-state index contributed by atoms with van der Waals surface area (Å²) in [6.45, 7) is 0.161. The van der Waals surface area contributed by atoms with Gasteiger partial charge < -0.3 is 15.4 Å². The number of hydrogen-bond acceptors (Lipinski definition) is 4. The Morgan fingerprint density at radius 1 is 1.03 bits per heavy atom. The van der Waals surface area contributed by atoms with Crippen molar-refractivity contribution in [1.82, 2.24) is 15.5 Å². The van der Waals surface area contributed by atoms with Crippen LogP contribution in [0.5, 0.6) is 5.75 Å². The van der Waals surface area contributed by atoms with Crippen molar-refractivity contribution in [2.75, 3.05) is 14.2 Å². The molecule has 8 heteroatoms. The Morgan fingerprint density at radius 3 is 2.38 bits per heavy atom. The second-order valence-corrected chi connectivity index (χ2v) is 10.6. The lowest BCUT2D eigenvalue weighted by Gasteiger charge is -2.27. The predicted octanol–water partition coefficient (Wildman–Crippen LogP) is 5.48. The fraction of sp³-hybridized carbons (Fsp3) is 0.483. The van der Waals surface area contributed by atoms with Gasteiger partial charge in [0.05, 0.1) is 19.7 Å². The molecule has 2 fully saturated rings. The van der Waals surface area contributed by atoms with Crippen LogP contribution in [0.25, 0.3) is 0 Å². The lowest BCUT2D eigenvalue weighted by Crippen LogP contribution is -2.44. The van der Waals surface area contributed by atoms with E-state index in [1.807, 2.05) is 36.4 Å². The van der Waals surface area contributed by atoms with Crippen molar-refractivity contribution in [2.24, 2.45) is 17.8 Å². The molecule has 2 saturated carbocycles. The molecule has 0 spiro atoms. The van der Waals surface area contributed by atoms with E-state index in [0.717, 1.165) is 24.0 Å². The molecule has 37 heavy (non-hydrogen) atoms. The summed E-state index contributed by atoms with van der Waals surface area (Å²) in [5, 5.41) is 6.54. The number of methoxy groups -OCH3 is 1. The third-order valence-electron chi connectivity index (χ3n) is 7.75. The Morgan fingerprint density at radius 2 is 1.73 bits per heavy atom. The van der Waals surface area contributed by atoms with E-state index in [4.69, 9.17) is 16.3 Å². The zero-order valence-electron chi connectivity index (χ0n) is 21.5. The number of nitrogens with zero attached hydrogens (tertiary/aromatic N) is 1. The SMILES string of the molecule is CNC(=O)N(Cc1ccc(OC)cc1)C(=O)C1CC[C@H](C(=O)N[C@H](c2cccc(Cl)c2)C2CCCC2)C1. The highest BCUT2D eigenvalue weighted by Gasteiger charge is 2.39. The normalized spacial score (nSPS) is 20.3. The smallest absolute Gasteiger partial charge is 0.324 e. The van der Waals surface area contributed by atoms with Crippen molar-refractivity contribution in [3.63, 3.8) is 0 Å². The molecular formula is C29H36ClN3O4. The van der Waals surface area contributed by atoms with E-state index in [0.29, 0.717) is 36.0 Å². The molecule has 0 bridgehead atoms. The van der Waals surface area contributed by atoms with Crippen LogP contribution in [0.2, 0.25) is 5.02 Å². The van der Waals surface area contributed by atoms with E-state index in [9.17, 15) is 14.4 Å². The summed E-state index contributed by atoms with van der Waals surface area (Å²) >= 11 is 6.26. The van der Waals surface area contributed by atoms with Crippen molar-refractivity contribution < 1.29 is 19.1 Å². The monoisotopic (exact) mass is 525 g/mol. The average Bonchev–Trinajstić information content (AvgIpc) is 3.63. The molecule has 3 atom stereocenters. The minimum absolute atomic E-state index is 0.0196. The summed E-state index contributed by atoms with van der Waals surface area (Å²) in [6, 6.07) is 14.5. The topological polar surface area (TPSA) is 87.7 Å². The summed E-state index contributed by atoms with van der Waals surface area (Å²) in [4.78, 5) is 40.7. The number of carbonyl (C=O) groups excluding carboxylic acids is 3. The summed E-state index contributed by atoms with van der Waals surface area (Å²) in [5.74, 6) is 0.197. The number of amides is 4. The second kappa shape index (κ2) is 12.5. The van der Waals surface area contributed by atoms with Crippen molar-refractivity contribution in [1.29, 1.82) is 0 Å². The van der Waals surface area contributed by atoms with E-state index < -0.39 is 6.03 Å². The molecule has 7 nitrogen and oxygen atoms in total. The highest BCUT2D eigenvalue weighted by Crippen LogP contribution is 2.38. The van der Waals surface area contributed by atoms with Crippen molar-refractivity contribution in [2.45, 2.75) is 57.5 Å². The van der Waals surface area contributed by atoms with Crippen LogP contribution in [0.3, 0.4) is 0 Å². The zero-order valence-corrected chi connectivity index (χ0v) is 22.3. The number of halogens is 1. The maximum Gasteiger partial charge on any atom is 0.324 e. The van der Waals surface area contributed by atoms with Crippen molar-refractivity contribution in [3.8, 4) is 5.75 Å². The van der Waals surface area contributed by atoms with Gasteiger partial charge in [0, 0.05) is 23.9 Å². The number of benzene rings is 2. The zero-order chi connectivity index (χ0) is 26.4. The highest BCUT2D eigenvalue weighted by atomic mass is 35.5. The van der Waals surface area contributed by atoms with E-state index in [1.165, 1.54) is 24.8 Å². The van der Waals surface area contributed by atoms with Gasteiger partial charge in [0.2, 0.25) is 11.8 Å². The molecule has 2 aliphatic rings. The minimum Gasteiger partial charge on any atom is -0.497 e. The fourth-order valence-corrected chi connectivity index (χ4v) is 5.90. The number of nitrogens with one attached hydrogen (secondary N) is 2. The molecule has 2 N–H and O–H groups in total. The summed E-state index contributed by atoms with van der Waals surface area (Å²) < 4.78 is 5.20. The third kappa shape index (κ3) is 6.63. The first-order chi connectivity index (χ1) is 17.9. The lowest BCUT2D eigenvalue weighted by atomic mass is 9.90. The fourth-order valence-electron chi connectivity index (χ4n) is 5.70. The molecule has 2 aliphatic carbocycles. The molecule has 2 aromatic carbocycles. The lowest BCUT2D eigenvalue weighted by molar-refractivity contribution is -0.133. The van der Waals surface area contributed by atoms with Crippen molar-refractivity contribution >= 4 is 29.4 Å². The van der Waals surface area contributed by atoms with E-state index in [2.05, 4.69) is 10.6 Å². The van der Waals surface area contributed by atoms with Crippen LogP contribution in [0.15, 0.2) is 48.5 Å². The number of carbonyl (C=O) groups is 3. The average molecular weight is 526 g/mol. The maximum atomic E-state index is 13.4. The molecule has 0 heterocycles. The Labute approximate surface area is 223 Å². The largest absolute Gasteiger partial charge is 0.497 e. The molecule has 2 aromatic rings. The second-order valence-electron chi connectivity index (χ2n) is 10.1. The minimum atomic E-state index is -0.448. The quantitative estimate of drug-likeness (QED) is 0.477. The van der Waals surface area contributed by atoms with E-state index in [1.54, 1.807) is 19.2 Å². The van der Waals surface area contributed by atoms with Gasteiger partial charge in [0.1, 0.15) is 5.75 Å². The van der Waals surface area contributed by atoms with Gasteiger partial charge in [-0.1, -0.05) is 48.7 Å². The Kier molecular flexibility index (Phi) is 9.09. The van der Waals surface area contributed by atoms with Crippen molar-refractivity contribution in [3.05, 3.63) is 64.7 Å². The predicted molar refractivity (Wildman–Crippen MR) is 143 cm³/mol. The van der Waals surface area contributed by atoms with Gasteiger partial charge >= 0.3 is 6.03 Å². The summed E-state index contributed by atoms with van der Waals surface area (Å²) in [7, 11) is 3.10. The van der Waals surface area contributed by atoms with E-state index in [-0.39, 0.29) is 36.2 Å².